The van der Waals surface area contributed by atoms with E-state index in [-0.39, 0.29) is 6.10 Å². The molecule has 0 atom stereocenters. The molecule has 122 valence electrons. The molecule has 0 bridgehead atoms. The highest BCUT2D eigenvalue weighted by atomic mass is 35.5. The number of ether oxygens (including phenoxy) is 1. The first-order valence-corrected chi connectivity index (χ1v) is 8.91. The molecule has 0 amide bonds. The Morgan fingerprint density at radius 1 is 1.26 bits per heavy atom. The lowest BCUT2D eigenvalue weighted by Crippen LogP contribution is -2.16. The van der Waals surface area contributed by atoms with Gasteiger partial charge in [0.15, 0.2) is 5.16 Å². The molecule has 2 rings (SSSR count). The zero-order valence-electron chi connectivity index (χ0n) is 13.2. The van der Waals surface area contributed by atoms with Crippen LogP contribution in [0.2, 0.25) is 10.0 Å². The number of thioether (sulfide) groups is 1. The number of hydrogen-bond acceptors (Lipinski definition) is 5. The molecule has 0 aliphatic heterocycles. The monoisotopic (exact) mass is 370 g/mol. The Morgan fingerprint density at radius 2 is 1.96 bits per heavy atom. The summed E-state index contributed by atoms with van der Waals surface area (Å²) in [6.45, 7) is 5.33. The van der Waals surface area contributed by atoms with Crippen LogP contribution < -0.4 is 0 Å². The third-order valence-electron chi connectivity index (χ3n) is 3.01. The van der Waals surface area contributed by atoms with E-state index in [0.717, 1.165) is 0 Å². The molecule has 0 fully saturated rings. The Hall–Kier alpha value is -1.30. The summed E-state index contributed by atoms with van der Waals surface area (Å²) < 4.78 is 5.32. The van der Waals surface area contributed by atoms with Crippen molar-refractivity contribution in [2.75, 3.05) is 6.26 Å². The van der Waals surface area contributed by atoms with E-state index in [4.69, 9.17) is 27.9 Å². The number of aryl methyl sites for hydroxylation is 1. The van der Waals surface area contributed by atoms with E-state index < -0.39 is 5.97 Å². The molecule has 0 N–H and O–H groups in total. The summed E-state index contributed by atoms with van der Waals surface area (Å²) in [4.78, 5) is 21.3. The molecule has 1 heterocycles. The highest BCUT2D eigenvalue weighted by molar-refractivity contribution is 7.98. The quantitative estimate of drug-likeness (QED) is 0.428. The minimum atomic E-state index is -0.476. The third kappa shape index (κ3) is 3.97. The lowest BCUT2D eigenvalue weighted by Gasteiger charge is -2.15. The molecule has 1 aromatic carbocycles. The summed E-state index contributed by atoms with van der Waals surface area (Å²) in [5.41, 5.74) is 1.86. The standard InChI is InChI=1S/C16H16Cl2N2O2S/c1-8(2)22-15(21)12-9(3)19-16(23-4)20-14(12)10-6-5-7-11(17)13(10)18/h5-8H,1-4H3. The molecular weight excluding hydrogens is 355 g/mol. The topological polar surface area (TPSA) is 52.1 Å². The lowest BCUT2D eigenvalue weighted by atomic mass is 10.0. The normalized spacial score (nSPS) is 10.9. The van der Waals surface area contributed by atoms with Gasteiger partial charge < -0.3 is 4.74 Å². The predicted octanol–water partition coefficient (Wildman–Crippen LogP) is 5.05. The number of rotatable bonds is 4. The van der Waals surface area contributed by atoms with Crippen LogP contribution in [0.15, 0.2) is 23.4 Å². The maximum absolute atomic E-state index is 12.5. The summed E-state index contributed by atoms with van der Waals surface area (Å²) in [6.07, 6.45) is 1.62. The highest BCUT2D eigenvalue weighted by Crippen LogP contribution is 2.35. The summed E-state index contributed by atoms with van der Waals surface area (Å²) >= 11 is 13.8. The van der Waals surface area contributed by atoms with Gasteiger partial charge in [-0.3, -0.25) is 0 Å². The van der Waals surface area contributed by atoms with E-state index in [9.17, 15) is 4.79 Å². The van der Waals surface area contributed by atoms with E-state index in [1.165, 1.54) is 11.8 Å². The third-order valence-corrected chi connectivity index (χ3v) is 4.37. The van der Waals surface area contributed by atoms with Crippen molar-refractivity contribution in [1.29, 1.82) is 0 Å². The van der Waals surface area contributed by atoms with Crippen LogP contribution in [0, 0.1) is 6.92 Å². The Balaban J connectivity index is 2.71. The van der Waals surface area contributed by atoms with E-state index in [0.29, 0.717) is 37.7 Å². The van der Waals surface area contributed by atoms with Crippen LogP contribution in [0.5, 0.6) is 0 Å². The fourth-order valence-corrected chi connectivity index (χ4v) is 2.84. The van der Waals surface area contributed by atoms with Gasteiger partial charge in [0.25, 0.3) is 0 Å². The van der Waals surface area contributed by atoms with Crippen LogP contribution in [-0.4, -0.2) is 28.3 Å². The summed E-state index contributed by atoms with van der Waals surface area (Å²) in [6, 6.07) is 5.21. The number of halogens is 2. The Morgan fingerprint density at radius 3 is 2.57 bits per heavy atom. The van der Waals surface area contributed by atoms with E-state index in [1.54, 1.807) is 39.0 Å². The molecule has 0 radical (unpaired) electrons. The molecule has 0 aliphatic rings. The minimum absolute atomic E-state index is 0.246. The molecular formula is C16H16Cl2N2O2S. The van der Waals surface area contributed by atoms with Gasteiger partial charge in [-0.05, 0) is 33.1 Å². The van der Waals surface area contributed by atoms with Crippen molar-refractivity contribution in [3.63, 3.8) is 0 Å². The van der Waals surface area contributed by atoms with Gasteiger partial charge in [0.1, 0.15) is 5.56 Å². The van der Waals surface area contributed by atoms with Crippen LogP contribution in [0.25, 0.3) is 11.3 Å². The highest BCUT2D eigenvalue weighted by Gasteiger charge is 2.23. The van der Waals surface area contributed by atoms with Gasteiger partial charge in [0.05, 0.1) is 27.5 Å². The zero-order chi connectivity index (χ0) is 17.1. The second-order valence-corrected chi connectivity index (χ2v) is 6.63. The van der Waals surface area contributed by atoms with Crippen LogP contribution in [0.4, 0.5) is 0 Å². The minimum Gasteiger partial charge on any atom is -0.459 e. The van der Waals surface area contributed by atoms with Crippen molar-refractivity contribution in [2.45, 2.75) is 32.0 Å². The van der Waals surface area contributed by atoms with Gasteiger partial charge in [-0.15, -0.1) is 0 Å². The summed E-state index contributed by atoms with van der Waals surface area (Å²) in [7, 11) is 0. The number of esters is 1. The molecule has 0 spiro atoms. The second kappa shape index (κ2) is 7.51. The largest absolute Gasteiger partial charge is 0.459 e. The molecule has 2 aromatic rings. The summed E-state index contributed by atoms with van der Waals surface area (Å²) in [5, 5.41) is 1.29. The van der Waals surface area contributed by atoms with E-state index in [2.05, 4.69) is 9.97 Å². The molecule has 0 saturated heterocycles. The van der Waals surface area contributed by atoms with Gasteiger partial charge >= 0.3 is 5.97 Å². The fourth-order valence-electron chi connectivity index (χ4n) is 2.04. The lowest BCUT2D eigenvalue weighted by molar-refractivity contribution is 0.0376. The number of carbonyl (C=O) groups excluding carboxylic acids is 1. The number of nitrogens with zero attached hydrogens (tertiary/aromatic N) is 2. The van der Waals surface area contributed by atoms with Crippen molar-refractivity contribution in [3.8, 4) is 11.3 Å². The average Bonchev–Trinajstić information content (AvgIpc) is 2.48. The van der Waals surface area contributed by atoms with Crippen LogP contribution >= 0.6 is 35.0 Å². The van der Waals surface area contributed by atoms with Crippen molar-refractivity contribution in [3.05, 3.63) is 39.5 Å². The first kappa shape index (κ1) is 18.0. The number of aromatic nitrogens is 2. The molecule has 1 aromatic heterocycles. The first-order valence-electron chi connectivity index (χ1n) is 6.93. The smallest absolute Gasteiger partial charge is 0.342 e. The van der Waals surface area contributed by atoms with Gasteiger partial charge in [-0.1, -0.05) is 47.1 Å². The average molecular weight is 371 g/mol. The fraction of sp³-hybridized carbons (Fsp3) is 0.312. The SMILES string of the molecule is CSc1nc(C)c(C(=O)OC(C)C)c(-c2cccc(Cl)c2Cl)n1. The Labute approximate surface area is 149 Å². The second-order valence-electron chi connectivity index (χ2n) is 5.07. The van der Waals surface area contributed by atoms with E-state index in [1.807, 2.05) is 6.26 Å². The van der Waals surface area contributed by atoms with Crippen molar-refractivity contribution in [1.82, 2.24) is 9.97 Å². The molecule has 7 heteroatoms. The van der Waals surface area contributed by atoms with Gasteiger partial charge in [-0.25, -0.2) is 14.8 Å². The number of hydrogen-bond donors (Lipinski definition) is 0. The molecule has 23 heavy (non-hydrogen) atoms. The number of benzene rings is 1. The van der Waals surface area contributed by atoms with Crippen molar-refractivity contribution >= 4 is 40.9 Å². The molecule has 0 unspecified atom stereocenters. The molecule has 0 saturated carbocycles. The zero-order valence-corrected chi connectivity index (χ0v) is 15.5. The van der Waals surface area contributed by atoms with Crippen LogP contribution in [-0.2, 0) is 4.74 Å². The van der Waals surface area contributed by atoms with Gasteiger partial charge in [-0.2, -0.15) is 0 Å². The van der Waals surface area contributed by atoms with Crippen LogP contribution in [0.1, 0.15) is 29.9 Å². The van der Waals surface area contributed by atoms with Crippen LogP contribution in [0.3, 0.4) is 0 Å². The molecule has 0 aliphatic carbocycles. The predicted molar refractivity (Wildman–Crippen MR) is 94.6 cm³/mol. The summed E-state index contributed by atoms with van der Waals surface area (Å²) in [5.74, 6) is -0.476. The maximum atomic E-state index is 12.5. The molecule has 4 nitrogen and oxygen atoms in total. The van der Waals surface area contributed by atoms with Gasteiger partial charge in [0.2, 0.25) is 0 Å². The van der Waals surface area contributed by atoms with Gasteiger partial charge in [0, 0.05) is 5.56 Å². The maximum Gasteiger partial charge on any atom is 0.342 e. The van der Waals surface area contributed by atoms with E-state index >= 15 is 0 Å². The first-order chi connectivity index (χ1) is 10.8. The number of carbonyl (C=O) groups is 1. The van der Waals surface area contributed by atoms with Crippen molar-refractivity contribution < 1.29 is 9.53 Å². The van der Waals surface area contributed by atoms with Crippen molar-refractivity contribution in [2.24, 2.45) is 0 Å². The Bertz CT molecular complexity index is 751. The Kier molecular flexibility index (Phi) is 5.89.